The van der Waals surface area contributed by atoms with Gasteiger partial charge in [0.1, 0.15) is 22.9 Å². The number of allylic oxidation sites excluding steroid dienone is 2. The zero-order chi connectivity index (χ0) is 43.5. The van der Waals surface area contributed by atoms with Crippen molar-refractivity contribution in [2.75, 3.05) is 26.2 Å². The van der Waals surface area contributed by atoms with E-state index in [1.54, 1.807) is 12.1 Å². The van der Waals surface area contributed by atoms with Gasteiger partial charge in [-0.3, -0.25) is 14.4 Å². The minimum absolute atomic E-state index is 0.0245. The average Bonchev–Trinajstić information content (AvgIpc) is 3.56. The van der Waals surface area contributed by atoms with Gasteiger partial charge in [-0.15, -0.1) is 23.2 Å². The molecule has 2 fully saturated rings. The molecular weight excluding hydrogens is 850 g/mol. The molecular formula is C38H29Cl2F5N6O9. The number of carbonyl (C=O) groups excluding carboxylic acids is 2. The number of aromatic hydroxyl groups is 1. The molecule has 2 amide bonds. The molecule has 1 saturated carbocycles. The topological polar surface area (TPSA) is 169 Å². The molecule has 0 unspecified atom stereocenters. The first-order valence-corrected chi connectivity index (χ1v) is 18.5. The van der Waals surface area contributed by atoms with Crippen molar-refractivity contribution in [3.05, 3.63) is 114 Å². The van der Waals surface area contributed by atoms with Crippen LogP contribution in [0.4, 0.5) is 27.6 Å². The number of phenolic OH excluding ortho intramolecular Hbond substituents is 1. The van der Waals surface area contributed by atoms with Gasteiger partial charge in [-0.2, -0.15) is 0 Å². The highest BCUT2D eigenvalue weighted by molar-refractivity contribution is 6.58. The number of hydrogen-bond donors (Lipinski definition) is 1. The van der Waals surface area contributed by atoms with Crippen molar-refractivity contribution in [2.45, 2.75) is 47.6 Å². The molecule has 2 aliphatic heterocycles. The number of rotatable bonds is 8. The number of nitrogens with zero attached hydrogens (tertiary/aromatic N) is 6. The second kappa shape index (κ2) is 14.0. The fourth-order valence-corrected chi connectivity index (χ4v) is 9.35. The van der Waals surface area contributed by atoms with E-state index in [0.717, 1.165) is 26.1 Å². The highest BCUT2D eigenvalue weighted by atomic mass is 35.5. The first-order valence-electron chi connectivity index (χ1n) is 17.8. The third kappa shape index (κ3) is 5.31. The fourth-order valence-electron chi connectivity index (χ4n) is 8.44. The second-order valence-electron chi connectivity index (χ2n) is 14.2. The number of aromatic nitrogens is 5. The van der Waals surface area contributed by atoms with Crippen LogP contribution in [0.5, 0.6) is 23.0 Å². The Bertz CT molecular complexity index is 2940. The standard InChI is InChI=1S/C38H29Cl2F5N6O9/c1-47-20-13-24(60-4)23(59-3)12-19(20)46-18(32(47)53)8-9-48-35(56)49-10-7-16-21(51(49)36(48)57)14-37(39)33(54)50(31-29(44)27(42)26(41)28(43)30(31)45)34(55)38(37,40)25(16)17-6-5-15(52)11-22(17)58-2/h5-7,11-13,21,25,52H,8-10,14H2,1-4H3/t21-,25-,37-,38+/m1/s1. The van der Waals surface area contributed by atoms with E-state index in [-0.39, 0.29) is 52.7 Å². The summed E-state index contributed by atoms with van der Waals surface area (Å²) in [5.41, 5.74) is -3.60. The third-order valence-corrected chi connectivity index (χ3v) is 12.7. The molecule has 1 saturated heterocycles. The number of hydrogen-bond acceptors (Lipinski definition) is 10. The second-order valence-corrected chi connectivity index (χ2v) is 15.4. The van der Waals surface area contributed by atoms with Crippen molar-refractivity contribution in [3.8, 4) is 23.0 Å². The van der Waals surface area contributed by atoms with Crippen molar-refractivity contribution in [2.24, 2.45) is 7.05 Å². The minimum Gasteiger partial charge on any atom is -0.508 e. The van der Waals surface area contributed by atoms with Crippen LogP contribution in [0, 0.1) is 29.1 Å². The molecule has 15 nitrogen and oxygen atoms in total. The molecule has 8 rings (SSSR count). The van der Waals surface area contributed by atoms with E-state index in [0.29, 0.717) is 22.5 Å². The summed E-state index contributed by atoms with van der Waals surface area (Å²) in [6.07, 6.45) is 0.343. The molecule has 0 bridgehead atoms. The Morgan fingerprint density at radius 3 is 2.08 bits per heavy atom. The minimum atomic E-state index is -2.83. The molecule has 2 aromatic heterocycles. The van der Waals surface area contributed by atoms with E-state index in [2.05, 4.69) is 4.98 Å². The Hall–Kier alpha value is -6.15. The number of methoxy groups -OCH3 is 3. The number of fused-ring (bicyclic) bond motifs is 5. The Labute approximate surface area is 342 Å². The van der Waals surface area contributed by atoms with E-state index in [4.69, 9.17) is 37.4 Å². The van der Waals surface area contributed by atoms with Gasteiger partial charge in [-0.1, -0.05) is 12.1 Å². The van der Waals surface area contributed by atoms with Gasteiger partial charge >= 0.3 is 11.4 Å². The lowest BCUT2D eigenvalue weighted by Gasteiger charge is -2.49. The zero-order valence-corrected chi connectivity index (χ0v) is 33.0. The molecule has 0 spiro atoms. The molecule has 0 radical (unpaired) electrons. The van der Waals surface area contributed by atoms with Crippen LogP contribution in [0.3, 0.4) is 0 Å². The predicted octanol–water partition coefficient (Wildman–Crippen LogP) is 3.93. The first kappa shape index (κ1) is 40.6. The lowest BCUT2D eigenvalue weighted by molar-refractivity contribution is -0.122. The number of alkyl halides is 2. The van der Waals surface area contributed by atoms with Crippen LogP contribution in [0.1, 0.15) is 29.6 Å². The smallest absolute Gasteiger partial charge is 0.347 e. The van der Waals surface area contributed by atoms with Crippen molar-refractivity contribution in [3.63, 3.8) is 0 Å². The number of phenols is 1. The number of imide groups is 1. The van der Waals surface area contributed by atoms with Gasteiger partial charge in [-0.05, 0) is 11.6 Å². The molecule has 1 N–H and O–H groups in total. The summed E-state index contributed by atoms with van der Waals surface area (Å²) < 4.78 is 94.2. The van der Waals surface area contributed by atoms with Gasteiger partial charge in [0.25, 0.3) is 17.4 Å². The number of carbonyl (C=O) groups is 2. The van der Waals surface area contributed by atoms with Crippen molar-refractivity contribution in [1.82, 2.24) is 23.5 Å². The fraction of sp³-hybridized carbons (Fsp3) is 0.316. The molecule has 3 aromatic carbocycles. The van der Waals surface area contributed by atoms with E-state index < -0.39 is 91.7 Å². The SMILES string of the molecule is COc1cc2nc(CCn3c(=O)n4n(c3=O)[C@@H]3C[C@@]5(Cl)C(=O)N(c6c(F)c(F)c(F)c(F)c6F)C(=O)[C@@]5(Cl)[C@@H](c5ccc(O)cc5OC)C3=CC4)c(=O)n(C)c2cc1OC. The Kier molecular flexibility index (Phi) is 9.46. The van der Waals surface area contributed by atoms with Crippen LogP contribution in [-0.2, 0) is 36.1 Å². The maximum atomic E-state index is 15.4. The largest absolute Gasteiger partial charge is 0.508 e. The Balaban J connectivity index is 1.27. The number of ether oxygens (including phenoxy) is 3. The molecule has 314 valence electrons. The highest BCUT2D eigenvalue weighted by Crippen LogP contribution is 2.65. The number of aryl methyl sites for hydroxylation is 2. The Morgan fingerprint density at radius 2 is 1.45 bits per heavy atom. The molecule has 3 aliphatic rings. The van der Waals surface area contributed by atoms with Gasteiger partial charge in [0, 0.05) is 56.1 Å². The molecule has 1 aliphatic carbocycles. The van der Waals surface area contributed by atoms with Gasteiger partial charge in [-0.25, -0.2) is 55.4 Å². The summed E-state index contributed by atoms with van der Waals surface area (Å²) >= 11 is 14.3. The predicted molar refractivity (Wildman–Crippen MR) is 202 cm³/mol. The number of anilines is 1. The summed E-state index contributed by atoms with van der Waals surface area (Å²) in [7, 11) is 5.52. The van der Waals surface area contributed by atoms with Crippen LogP contribution in [0.25, 0.3) is 11.0 Å². The first-order chi connectivity index (χ1) is 28.4. The van der Waals surface area contributed by atoms with E-state index >= 15 is 8.78 Å². The molecule has 22 heteroatoms. The van der Waals surface area contributed by atoms with Crippen molar-refractivity contribution >= 4 is 51.7 Å². The van der Waals surface area contributed by atoms with E-state index in [1.165, 1.54) is 45.1 Å². The van der Waals surface area contributed by atoms with Gasteiger partial charge < -0.3 is 23.9 Å². The summed E-state index contributed by atoms with van der Waals surface area (Å²) in [5.74, 6) is -17.4. The van der Waals surface area contributed by atoms with Crippen LogP contribution in [0.2, 0.25) is 0 Å². The quantitative estimate of drug-likeness (QED) is 0.0603. The monoisotopic (exact) mass is 878 g/mol. The highest BCUT2D eigenvalue weighted by Gasteiger charge is 2.76. The van der Waals surface area contributed by atoms with Crippen molar-refractivity contribution in [1.29, 1.82) is 0 Å². The average molecular weight is 880 g/mol. The number of amides is 2. The lowest BCUT2D eigenvalue weighted by Crippen LogP contribution is -2.59. The molecule has 4 heterocycles. The van der Waals surface area contributed by atoms with Gasteiger partial charge in [0.2, 0.25) is 5.82 Å². The summed E-state index contributed by atoms with van der Waals surface area (Å²) in [6.45, 7) is -0.743. The maximum Gasteiger partial charge on any atom is 0.347 e. The third-order valence-electron chi connectivity index (χ3n) is 11.3. The Morgan fingerprint density at radius 1 is 0.833 bits per heavy atom. The summed E-state index contributed by atoms with van der Waals surface area (Å²) in [5, 5.41) is 10.3. The van der Waals surface area contributed by atoms with Gasteiger partial charge in [0.05, 0.1) is 44.9 Å². The van der Waals surface area contributed by atoms with Crippen LogP contribution < -0.4 is 36.0 Å². The number of benzene rings is 3. The van der Waals surface area contributed by atoms with Crippen LogP contribution in [-0.4, -0.2) is 71.5 Å². The lowest BCUT2D eigenvalue weighted by atomic mass is 9.64. The molecule has 4 atom stereocenters. The maximum absolute atomic E-state index is 15.4. The van der Waals surface area contributed by atoms with Crippen LogP contribution in [0.15, 0.2) is 56.4 Å². The zero-order valence-electron chi connectivity index (χ0n) is 31.5. The van der Waals surface area contributed by atoms with Crippen LogP contribution >= 0.6 is 23.2 Å². The normalized spacial score (nSPS) is 22.1. The summed E-state index contributed by atoms with van der Waals surface area (Å²) in [6, 6.07) is 5.17. The van der Waals surface area contributed by atoms with Gasteiger partial charge in [0.15, 0.2) is 44.5 Å². The molecule has 60 heavy (non-hydrogen) atoms. The van der Waals surface area contributed by atoms with E-state index in [9.17, 15) is 42.3 Å². The van der Waals surface area contributed by atoms with E-state index in [1.807, 2.05) is 0 Å². The number of halogens is 7. The van der Waals surface area contributed by atoms with Crippen molar-refractivity contribution < 1.29 is 50.9 Å². The molecule has 5 aromatic rings. The summed E-state index contributed by atoms with van der Waals surface area (Å²) in [4.78, 5) is 69.2.